The Hall–Kier alpha value is -2.82. The molecule has 118 valence electrons. The predicted octanol–water partition coefficient (Wildman–Crippen LogP) is 4.39. The van der Waals surface area contributed by atoms with Crippen LogP contribution in [0, 0.1) is 0 Å². The fourth-order valence-corrected chi connectivity index (χ4v) is 2.17. The third kappa shape index (κ3) is 3.69. The fourth-order valence-electron chi connectivity index (χ4n) is 2.17. The van der Waals surface area contributed by atoms with Crippen molar-refractivity contribution in [3.63, 3.8) is 0 Å². The molecule has 0 aliphatic carbocycles. The second-order valence-corrected chi connectivity index (χ2v) is 4.92. The van der Waals surface area contributed by atoms with Crippen molar-refractivity contribution in [2.75, 3.05) is 25.6 Å². The molecule has 1 N–H and O–H groups in total. The van der Waals surface area contributed by atoms with E-state index in [0.29, 0.717) is 17.2 Å². The number of halogens is 1. The minimum absolute atomic E-state index is 0.0367. The van der Waals surface area contributed by atoms with Crippen LogP contribution in [0.15, 0.2) is 46.9 Å². The van der Waals surface area contributed by atoms with Crippen LogP contribution in [0.4, 0.5) is 10.1 Å². The van der Waals surface area contributed by atoms with Crippen molar-refractivity contribution in [1.82, 2.24) is 4.98 Å². The Kier molecular flexibility index (Phi) is 4.57. The molecule has 1 heterocycles. The Balaban J connectivity index is 1.77. The normalized spacial score (nSPS) is 11.2. The molecule has 0 bridgehead atoms. The summed E-state index contributed by atoms with van der Waals surface area (Å²) < 4.78 is 23.0. The monoisotopic (exact) mass is 311 g/mol. The number of alkyl halides is 1. The van der Waals surface area contributed by atoms with E-state index in [1.807, 2.05) is 43.5 Å². The van der Waals surface area contributed by atoms with Crippen LogP contribution in [0.1, 0.15) is 11.5 Å². The average molecular weight is 311 g/mol. The van der Waals surface area contributed by atoms with Gasteiger partial charge in [-0.1, -0.05) is 12.1 Å². The molecule has 3 rings (SSSR count). The lowest BCUT2D eigenvalue weighted by molar-refractivity contribution is 0.273. The number of anilines is 1. The number of aromatic nitrogens is 1. The molecule has 4 nitrogen and oxygen atoms in total. The predicted molar refractivity (Wildman–Crippen MR) is 90.4 cm³/mol. The van der Waals surface area contributed by atoms with Crippen LogP contribution in [0.25, 0.3) is 23.3 Å². The second-order valence-electron chi connectivity index (χ2n) is 4.92. The molecule has 0 saturated heterocycles. The van der Waals surface area contributed by atoms with E-state index in [-0.39, 0.29) is 6.61 Å². The number of hydrogen-bond donors (Lipinski definition) is 1. The van der Waals surface area contributed by atoms with Crippen LogP contribution in [0.5, 0.6) is 5.75 Å². The van der Waals surface area contributed by atoms with Gasteiger partial charge in [-0.25, -0.2) is 9.37 Å². The molecule has 3 aromatic rings. The molecular formula is C18H17FN2O2. The third-order valence-corrected chi connectivity index (χ3v) is 3.34. The summed E-state index contributed by atoms with van der Waals surface area (Å²) in [6.07, 6.45) is 3.75. The van der Waals surface area contributed by atoms with Crippen molar-refractivity contribution in [3.8, 4) is 5.75 Å². The number of oxazole rings is 1. The Labute approximate surface area is 133 Å². The van der Waals surface area contributed by atoms with Gasteiger partial charge in [0.05, 0.1) is 0 Å². The van der Waals surface area contributed by atoms with Gasteiger partial charge in [0.1, 0.15) is 24.5 Å². The Morgan fingerprint density at radius 1 is 1.17 bits per heavy atom. The highest BCUT2D eigenvalue weighted by Gasteiger charge is 2.05. The van der Waals surface area contributed by atoms with E-state index in [0.717, 1.165) is 16.8 Å². The lowest BCUT2D eigenvalue weighted by Gasteiger charge is -2.01. The summed E-state index contributed by atoms with van der Waals surface area (Å²) in [6.45, 7) is -0.482. The number of benzene rings is 2. The van der Waals surface area contributed by atoms with Crippen LogP contribution >= 0.6 is 0 Å². The van der Waals surface area contributed by atoms with E-state index < -0.39 is 6.67 Å². The molecule has 0 aliphatic heterocycles. The number of nitrogens with one attached hydrogen (secondary N) is 1. The van der Waals surface area contributed by atoms with Crippen molar-refractivity contribution < 1.29 is 13.5 Å². The van der Waals surface area contributed by atoms with E-state index in [1.54, 1.807) is 18.2 Å². The summed E-state index contributed by atoms with van der Waals surface area (Å²) in [5.41, 5.74) is 3.47. The van der Waals surface area contributed by atoms with E-state index in [4.69, 9.17) is 9.15 Å². The van der Waals surface area contributed by atoms with Gasteiger partial charge in [-0.3, -0.25) is 0 Å². The van der Waals surface area contributed by atoms with Gasteiger partial charge in [0.25, 0.3) is 0 Å². The molecule has 0 aliphatic rings. The topological polar surface area (TPSA) is 47.3 Å². The van der Waals surface area contributed by atoms with Gasteiger partial charge in [-0.15, -0.1) is 0 Å². The molecule has 0 unspecified atom stereocenters. The molecule has 0 amide bonds. The first-order chi connectivity index (χ1) is 11.3. The number of fused-ring (bicyclic) bond motifs is 1. The minimum Gasteiger partial charge on any atom is -0.491 e. The first-order valence-electron chi connectivity index (χ1n) is 7.34. The molecule has 1 aromatic heterocycles. The summed E-state index contributed by atoms with van der Waals surface area (Å²) >= 11 is 0. The fraction of sp³-hybridized carbons (Fsp3) is 0.167. The molecule has 2 aromatic carbocycles. The van der Waals surface area contributed by atoms with Crippen molar-refractivity contribution in [2.45, 2.75) is 0 Å². The Bertz CT molecular complexity index is 810. The van der Waals surface area contributed by atoms with Crippen LogP contribution in [-0.2, 0) is 0 Å². The molecule has 0 atom stereocenters. The lowest BCUT2D eigenvalue weighted by Crippen LogP contribution is -1.97. The van der Waals surface area contributed by atoms with Crippen molar-refractivity contribution in [3.05, 3.63) is 53.9 Å². The first-order valence-corrected chi connectivity index (χ1v) is 7.34. The second kappa shape index (κ2) is 6.96. The highest BCUT2D eigenvalue weighted by Crippen LogP contribution is 2.22. The first kappa shape index (κ1) is 15.1. The summed E-state index contributed by atoms with van der Waals surface area (Å²) in [5.74, 6) is 1.09. The summed E-state index contributed by atoms with van der Waals surface area (Å²) in [4.78, 5) is 4.39. The number of rotatable bonds is 6. The maximum absolute atomic E-state index is 12.1. The van der Waals surface area contributed by atoms with Crippen molar-refractivity contribution in [1.29, 1.82) is 0 Å². The lowest BCUT2D eigenvalue weighted by atomic mass is 10.2. The number of nitrogens with zero attached hydrogens (tertiary/aromatic N) is 1. The highest BCUT2D eigenvalue weighted by atomic mass is 18.2. The van der Waals surface area contributed by atoms with Gasteiger partial charge in [0.15, 0.2) is 5.58 Å². The molecule has 5 heteroatoms. The Morgan fingerprint density at radius 2 is 2.00 bits per heavy atom. The SMILES string of the molecule is CNc1ccc(/C=C/c2nc3ccc(OCC[18F])cc3o2)cc1. The van der Waals surface area contributed by atoms with Crippen molar-refractivity contribution >= 4 is 28.9 Å². The largest absolute Gasteiger partial charge is 0.491 e. The quantitative estimate of drug-likeness (QED) is 0.733. The third-order valence-electron chi connectivity index (χ3n) is 3.34. The molecule has 0 radical (unpaired) electrons. The summed E-state index contributed by atoms with van der Waals surface area (Å²) in [6, 6.07) is 13.3. The maximum Gasteiger partial charge on any atom is 0.220 e. The zero-order chi connectivity index (χ0) is 16.1. The molecular weight excluding hydrogens is 294 g/mol. The van der Waals surface area contributed by atoms with Gasteiger partial charge < -0.3 is 14.5 Å². The van der Waals surface area contributed by atoms with Crippen LogP contribution in [-0.4, -0.2) is 25.3 Å². The maximum atomic E-state index is 12.1. The smallest absolute Gasteiger partial charge is 0.220 e. The van der Waals surface area contributed by atoms with Crippen LogP contribution in [0.3, 0.4) is 0 Å². The molecule has 23 heavy (non-hydrogen) atoms. The van der Waals surface area contributed by atoms with Gasteiger partial charge in [-0.05, 0) is 35.9 Å². The molecule has 0 fully saturated rings. The van der Waals surface area contributed by atoms with Gasteiger partial charge in [-0.2, -0.15) is 0 Å². The van der Waals surface area contributed by atoms with Crippen molar-refractivity contribution in [2.24, 2.45) is 0 Å². The van der Waals surface area contributed by atoms with Crippen LogP contribution < -0.4 is 10.1 Å². The van der Waals surface area contributed by atoms with E-state index in [2.05, 4.69) is 10.3 Å². The Morgan fingerprint density at radius 3 is 2.74 bits per heavy atom. The zero-order valence-corrected chi connectivity index (χ0v) is 12.8. The standard InChI is InChI=1S/C18H17FN2O2/c1-20-14-5-2-13(3-6-14)4-9-18-21-16-8-7-15(22-11-10-19)12-17(16)23-18/h2-9,12,20H,10-11H2,1H3/b9-4+/i19-1. The van der Waals surface area contributed by atoms with Gasteiger partial charge in [0, 0.05) is 24.9 Å². The molecule has 0 spiro atoms. The number of hydrogen-bond acceptors (Lipinski definition) is 4. The number of ether oxygens (including phenoxy) is 1. The zero-order valence-electron chi connectivity index (χ0n) is 12.8. The molecule has 0 saturated carbocycles. The van der Waals surface area contributed by atoms with Gasteiger partial charge in [0.2, 0.25) is 5.89 Å². The highest BCUT2D eigenvalue weighted by molar-refractivity contribution is 5.77. The summed E-state index contributed by atoms with van der Waals surface area (Å²) in [5, 5.41) is 3.08. The minimum atomic E-state index is -0.519. The van der Waals surface area contributed by atoms with E-state index >= 15 is 0 Å². The van der Waals surface area contributed by atoms with E-state index in [1.165, 1.54) is 0 Å². The van der Waals surface area contributed by atoms with Crippen LogP contribution in [0.2, 0.25) is 0 Å². The van der Waals surface area contributed by atoms with E-state index in [9.17, 15) is 4.39 Å². The summed E-state index contributed by atoms with van der Waals surface area (Å²) in [7, 11) is 1.88. The average Bonchev–Trinajstić information content (AvgIpc) is 3.00. The van der Waals surface area contributed by atoms with Gasteiger partial charge >= 0.3 is 0 Å².